The fraction of sp³-hybridized carbons (Fsp3) is 0.394. The number of nitriles is 1. The number of anilines is 1. The van der Waals surface area contributed by atoms with Crippen LogP contribution >= 0.6 is 0 Å². The van der Waals surface area contributed by atoms with Gasteiger partial charge in [-0.2, -0.15) is 5.26 Å². The Morgan fingerprint density at radius 3 is 2.33 bits per heavy atom. The zero-order valence-corrected chi connectivity index (χ0v) is 23.2. The third kappa shape index (κ3) is 7.20. The molecule has 0 aromatic heterocycles. The number of carbonyl (C=O) groups is 1. The Kier molecular flexibility index (Phi) is 9.33. The summed E-state index contributed by atoms with van der Waals surface area (Å²) < 4.78 is 12.4. The number of piperazine rings is 1. The molecule has 0 saturated carbocycles. The maximum atomic E-state index is 13.1. The Hall–Kier alpha value is -3.86. The van der Waals surface area contributed by atoms with Gasteiger partial charge in [-0.05, 0) is 67.3 Å². The normalized spacial score (nSPS) is 17.3. The molecule has 2 fully saturated rings. The van der Waals surface area contributed by atoms with E-state index < -0.39 is 6.10 Å². The van der Waals surface area contributed by atoms with E-state index >= 15 is 0 Å². The lowest BCUT2D eigenvalue weighted by atomic mass is 10.1. The zero-order valence-electron chi connectivity index (χ0n) is 23.2. The summed E-state index contributed by atoms with van der Waals surface area (Å²) in [6, 6.07) is 28.0. The Labute approximate surface area is 237 Å². The van der Waals surface area contributed by atoms with Gasteiger partial charge >= 0.3 is 0 Å². The number of nitrogens with zero attached hydrogens (tertiary/aromatic N) is 4. The number of carbonyl (C=O) groups excluding carboxylic acids is 1. The van der Waals surface area contributed by atoms with Crippen LogP contribution in [0.2, 0.25) is 0 Å². The van der Waals surface area contributed by atoms with Crippen LogP contribution in [-0.4, -0.2) is 67.6 Å². The number of benzene rings is 3. The molecule has 3 aromatic carbocycles. The van der Waals surface area contributed by atoms with E-state index in [1.807, 2.05) is 66.4 Å². The van der Waals surface area contributed by atoms with Crippen LogP contribution in [0.25, 0.3) is 0 Å². The molecule has 0 aliphatic carbocycles. The molecular formula is C33H38N4O3. The van der Waals surface area contributed by atoms with Crippen molar-refractivity contribution in [1.29, 1.82) is 5.26 Å². The highest BCUT2D eigenvalue weighted by Gasteiger charge is 2.28. The number of hydrogen-bond donors (Lipinski definition) is 0. The summed E-state index contributed by atoms with van der Waals surface area (Å²) in [7, 11) is 0. The van der Waals surface area contributed by atoms with Crippen LogP contribution in [0.1, 0.15) is 42.6 Å². The molecule has 208 valence electrons. The lowest BCUT2D eigenvalue weighted by Gasteiger charge is -2.37. The second-order valence-electron chi connectivity index (χ2n) is 10.6. The van der Waals surface area contributed by atoms with Crippen LogP contribution in [0.3, 0.4) is 0 Å². The Morgan fingerprint density at radius 2 is 1.62 bits per heavy atom. The molecule has 7 heteroatoms. The Balaban J connectivity index is 1.22. The van der Waals surface area contributed by atoms with Crippen molar-refractivity contribution in [2.24, 2.45) is 0 Å². The fourth-order valence-corrected chi connectivity index (χ4v) is 5.42. The highest BCUT2D eigenvalue weighted by Crippen LogP contribution is 2.28. The molecular weight excluding hydrogens is 500 g/mol. The number of para-hydroxylation sites is 1. The summed E-state index contributed by atoms with van der Waals surface area (Å²) in [6.07, 6.45) is 1.84. The van der Waals surface area contributed by atoms with Crippen LogP contribution in [0.4, 0.5) is 5.69 Å². The van der Waals surface area contributed by atoms with E-state index in [2.05, 4.69) is 40.1 Å². The molecule has 0 bridgehead atoms. The largest absolute Gasteiger partial charge is 0.481 e. The molecule has 5 rings (SSSR count). The van der Waals surface area contributed by atoms with Gasteiger partial charge in [0.05, 0.1) is 24.3 Å². The van der Waals surface area contributed by atoms with Crippen LogP contribution in [0, 0.1) is 11.3 Å². The van der Waals surface area contributed by atoms with Gasteiger partial charge in [0.15, 0.2) is 6.10 Å². The van der Waals surface area contributed by atoms with E-state index in [1.165, 1.54) is 24.1 Å². The summed E-state index contributed by atoms with van der Waals surface area (Å²) >= 11 is 0. The predicted octanol–water partition coefficient (Wildman–Crippen LogP) is 5.03. The standard InChI is InChI=1S/C33H38N4O3/c1-26(40-31-10-3-2-4-11-31)33(38)37-20-18-35(19-21-37)24-32(39-25-28-14-12-27(23-34)13-15-28)29-8-7-9-30(22-29)36-16-5-6-17-36/h2-4,7-15,22,26,32H,5-6,16-21,24-25H2,1H3/t26-,32-/m1/s1. The first-order valence-corrected chi connectivity index (χ1v) is 14.3. The number of hydrogen-bond acceptors (Lipinski definition) is 6. The number of amides is 1. The number of rotatable bonds is 10. The van der Waals surface area contributed by atoms with E-state index in [1.54, 1.807) is 0 Å². The molecule has 3 aromatic rings. The minimum absolute atomic E-state index is 0.0235. The van der Waals surface area contributed by atoms with Gasteiger partial charge in [0.2, 0.25) is 0 Å². The number of ether oxygens (including phenoxy) is 2. The monoisotopic (exact) mass is 538 g/mol. The zero-order chi connectivity index (χ0) is 27.7. The van der Waals surface area contributed by atoms with Crippen LogP contribution < -0.4 is 9.64 Å². The van der Waals surface area contributed by atoms with Gasteiger partial charge in [-0.25, -0.2) is 0 Å². The average Bonchev–Trinajstić information content (AvgIpc) is 3.55. The van der Waals surface area contributed by atoms with Crippen LogP contribution in [-0.2, 0) is 16.1 Å². The van der Waals surface area contributed by atoms with Gasteiger partial charge in [-0.3, -0.25) is 9.69 Å². The summed E-state index contributed by atoms with van der Waals surface area (Å²) in [4.78, 5) is 19.8. The van der Waals surface area contributed by atoms with Crippen molar-refractivity contribution >= 4 is 11.6 Å². The summed E-state index contributed by atoms with van der Waals surface area (Å²) in [6.45, 7) is 8.13. The molecule has 1 amide bonds. The van der Waals surface area contributed by atoms with Crippen LogP contribution in [0.5, 0.6) is 5.75 Å². The average molecular weight is 539 g/mol. The highest BCUT2D eigenvalue weighted by molar-refractivity contribution is 5.81. The second kappa shape index (κ2) is 13.5. The molecule has 0 radical (unpaired) electrons. The van der Waals surface area contributed by atoms with Crippen molar-refractivity contribution in [3.8, 4) is 11.8 Å². The van der Waals surface area contributed by atoms with Crippen molar-refractivity contribution < 1.29 is 14.3 Å². The molecule has 2 aliphatic rings. The van der Waals surface area contributed by atoms with E-state index in [4.69, 9.17) is 14.7 Å². The summed E-state index contributed by atoms with van der Waals surface area (Å²) in [5.74, 6) is 0.732. The minimum atomic E-state index is -0.522. The molecule has 40 heavy (non-hydrogen) atoms. The molecule has 0 spiro atoms. The molecule has 0 unspecified atom stereocenters. The second-order valence-corrected chi connectivity index (χ2v) is 10.6. The molecule has 7 nitrogen and oxygen atoms in total. The van der Waals surface area contributed by atoms with E-state index in [-0.39, 0.29) is 12.0 Å². The third-order valence-electron chi connectivity index (χ3n) is 7.76. The predicted molar refractivity (Wildman–Crippen MR) is 156 cm³/mol. The first-order chi connectivity index (χ1) is 19.6. The van der Waals surface area contributed by atoms with Gasteiger partial charge in [-0.1, -0.05) is 42.5 Å². The van der Waals surface area contributed by atoms with Crippen molar-refractivity contribution in [3.05, 3.63) is 95.6 Å². The van der Waals surface area contributed by atoms with Crippen LogP contribution in [0.15, 0.2) is 78.9 Å². The third-order valence-corrected chi connectivity index (χ3v) is 7.76. The molecule has 0 N–H and O–H groups in total. The Morgan fingerprint density at radius 1 is 0.900 bits per heavy atom. The fourth-order valence-electron chi connectivity index (χ4n) is 5.42. The molecule has 2 atom stereocenters. The molecule has 2 heterocycles. The van der Waals surface area contributed by atoms with Gasteiger partial charge in [0.25, 0.3) is 5.91 Å². The molecule has 2 aliphatic heterocycles. The highest BCUT2D eigenvalue weighted by atomic mass is 16.5. The summed E-state index contributed by atoms with van der Waals surface area (Å²) in [5.41, 5.74) is 4.11. The maximum Gasteiger partial charge on any atom is 0.263 e. The molecule has 2 saturated heterocycles. The topological polar surface area (TPSA) is 69.0 Å². The van der Waals surface area contributed by atoms with Crippen molar-refractivity contribution in [3.63, 3.8) is 0 Å². The maximum absolute atomic E-state index is 13.1. The van der Waals surface area contributed by atoms with Crippen molar-refractivity contribution in [2.75, 3.05) is 50.7 Å². The first kappa shape index (κ1) is 27.7. The Bertz CT molecular complexity index is 1280. The van der Waals surface area contributed by atoms with E-state index in [9.17, 15) is 4.79 Å². The van der Waals surface area contributed by atoms with Crippen molar-refractivity contribution in [1.82, 2.24) is 9.80 Å². The SMILES string of the molecule is C[C@@H](Oc1ccccc1)C(=O)N1CCN(C[C@@H](OCc2ccc(C#N)cc2)c2cccc(N3CCCC3)c2)CC1. The smallest absolute Gasteiger partial charge is 0.263 e. The van der Waals surface area contributed by atoms with Gasteiger partial charge in [-0.15, -0.1) is 0 Å². The summed E-state index contributed by atoms with van der Waals surface area (Å²) in [5, 5.41) is 9.12. The lowest BCUT2D eigenvalue weighted by molar-refractivity contribution is -0.140. The van der Waals surface area contributed by atoms with E-state index in [0.29, 0.717) is 31.0 Å². The van der Waals surface area contributed by atoms with Gasteiger partial charge < -0.3 is 19.3 Å². The minimum Gasteiger partial charge on any atom is -0.481 e. The van der Waals surface area contributed by atoms with E-state index in [0.717, 1.165) is 38.3 Å². The quantitative estimate of drug-likeness (QED) is 0.361. The van der Waals surface area contributed by atoms with Crippen molar-refractivity contribution in [2.45, 2.75) is 38.6 Å². The van der Waals surface area contributed by atoms with Gasteiger partial charge in [0, 0.05) is 51.5 Å². The van der Waals surface area contributed by atoms with Gasteiger partial charge in [0.1, 0.15) is 5.75 Å². The lowest BCUT2D eigenvalue weighted by Crippen LogP contribution is -2.52. The first-order valence-electron chi connectivity index (χ1n) is 14.3.